The first kappa shape index (κ1) is 12.9. The van der Waals surface area contributed by atoms with Crippen LogP contribution in [0.1, 0.15) is 22.3 Å². The zero-order valence-electron chi connectivity index (χ0n) is 11.9. The molecule has 3 heteroatoms. The summed E-state index contributed by atoms with van der Waals surface area (Å²) < 4.78 is 5.27. The van der Waals surface area contributed by atoms with Crippen LogP contribution in [0.25, 0.3) is 11.1 Å². The van der Waals surface area contributed by atoms with Gasteiger partial charge < -0.3 is 14.9 Å². The fourth-order valence-corrected chi connectivity index (χ4v) is 3.11. The van der Waals surface area contributed by atoms with Crippen molar-refractivity contribution in [3.63, 3.8) is 0 Å². The van der Waals surface area contributed by atoms with Gasteiger partial charge in [-0.2, -0.15) is 0 Å². The lowest BCUT2D eigenvalue weighted by atomic mass is 9.82. The van der Waals surface area contributed by atoms with Crippen molar-refractivity contribution in [3.8, 4) is 28.4 Å². The van der Waals surface area contributed by atoms with Crippen LogP contribution in [0.3, 0.4) is 0 Å². The van der Waals surface area contributed by atoms with Gasteiger partial charge in [0.2, 0.25) is 0 Å². The van der Waals surface area contributed by atoms with Gasteiger partial charge in [-0.1, -0.05) is 6.07 Å². The highest BCUT2D eigenvalue weighted by Gasteiger charge is 2.23. The first-order chi connectivity index (χ1) is 9.52. The van der Waals surface area contributed by atoms with E-state index in [0.29, 0.717) is 11.5 Å². The number of fused-ring (bicyclic) bond motifs is 3. The number of aromatic hydroxyl groups is 2. The van der Waals surface area contributed by atoms with Gasteiger partial charge in [0.05, 0.1) is 7.11 Å². The van der Waals surface area contributed by atoms with Gasteiger partial charge in [0.1, 0.15) is 5.75 Å². The van der Waals surface area contributed by atoms with Gasteiger partial charge in [0, 0.05) is 0 Å². The third-order valence-corrected chi connectivity index (χ3v) is 4.19. The van der Waals surface area contributed by atoms with E-state index in [1.165, 1.54) is 11.1 Å². The number of benzene rings is 2. The van der Waals surface area contributed by atoms with Gasteiger partial charge in [0.25, 0.3) is 0 Å². The topological polar surface area (TPSA) is 49.7 Å². The molecular formula is C17H18O3. The molecular weight excluding hydrogens is 252 g/mol. The third kappa shape index (κ3) is 1.73. The average Bonchev–Trinajstić information content (AvgIpc) is 2.41. The second-order valence-corrected chi connectivity index (χ2v) is 5.38. The molecule has 3 rings (SSSR count). The Bertz CT molecular complexity index is 702. The molecule has 1 aliphatic carbocycles. The minimum absolute atomic E-state index is 0.150. The minimum Gasteiger partial charge on any atom is -0.508 e. The van der Waals surface area contributed by atoms with E-state index >= 15 is 0 Å². The maximum absolute atomic E-state index is 10.1. The minimum atomic E-state index is 0.150. The van der Waals surface area contributed by atoms with Crippen molar-refractivity contribution < 1.29 is 14.9 Å². The predicted molar refractivity (Wildman–Crippen MR) is 78.6 cm³/mol. The van der Waals surface area contributed by atoms with Crippen LogP contribution in [0.4, 0.5) is 0 Å². The third-order valence-electron chi connectivity index (χ3n) is 4.19. The predicted octanol–water partition coefficient (Wildman–Crippen LogP) is 3.49. The van der Waals surface area contributed by atoms with E-state index in [1.54, 1.807) is 19.2 Å². The van der Waals surface area contributed by atoms with Crippen LogP contribution in [0.2, 0.25) is 0 Å². The monoisotopic (exact) mass is 270 g/mol. The van der Waals surface area contributed by atoms with Crippen molar-refractivity contribution in [2.24, 2.45) is 0 Å². The number of methoxy groups -OCH3 is 1. The van der Waals surface area contributed by atoms with Crippen molar-refractivity contribution in [2.75, 3.05) is 7.11 Å². The lowest BCUT2D eigenvalue weighted by Crippen LogP contribution is -2.07. The van der Waals surface area contributed by atoms with Crippen LogP contribution in [0.15, 0.2) is 18.2 Å². The quantitative estimate of drug-likeness (QED) is 0.834. The molecule has 3 nitrogen and oxygen atoms in total. The Kier molecular flexibility index (Phi) is 2.85. The summed E-state index contributed by atoms with van der Waals surface area (Å²) in [6, 6.07) is 5.58. The normalized spacial score (nSPS) is 12.8. The summed E-state index contributed by atoms with van der Waals surface area (Å²) in [6.45, 7) is 3.87. The fraction of sp³-hybridized carbons (Fsp3) is 0.294. The number of rotatable bonds is 1. The Balaban J connectivity index is 2.30. The van der Waals surface area contributed by atoms with Crippen LogP contribution in [0.5, 0.6) is 17.2 Å². The zero-order valence-corrected chi connectivity index (χ0v) is 11.9. The molecule has 0 aromatic heterocycles. The van der Waals surface area contributed by atoms with E-state index in [9.17, 15) is 10.2 Å². The Labute approximate surface area is 118 Å². The molecule has 0 amide bonds. The van der Waals surface area contributed by atoms with E-state index in [0.717, 1.165) is 35.1 Å². The molecule has 104 valence electrons. The molecule has 0 fully saturated rings. The largest absolute Gasteiger partial charge is 0.508 e. The Hall–Kier alpha value is -2.16. The van der Waals surface area contributed by atoms with Crippen LogP contribution >= 0.6 is 0 Å². The van der Waals surface area contributed by atoms with Crippen molar-refractivity contribution in [2.45, 2.75) is 26.7 Å². The second kappa shape index (κ2) is 4.44. The summed E-state index contributed by atoms with van der Waals surface area (Å²) in [5.74, 6) is 0.991. The summed E-state index contributed by atoms with van der Waals surface area (Å²) in [7, 11) is 1.57. The summed E-state index contributed by atoms with van der Waals surface area (Å²) >= 11 is 0. The number of phenols is 2. The van der Waals surface area contributed by atoms with Crippen molar-refractivity contribution >= 4 is 0 Å². The molecule has 0 radical (unpaired) electrons. The fourth-order valence-electron chi connectivity index (χ4n) is 3.11. The lowest BCUT2D eigenvalue weighted by Gasteiger charge is -2.24. The highest BCUT2D eigenvalue weighted by atomic mass is 16.5. The molecule has 20 heavy (non-hydrogen) atoms. The molecule has 0 unspecified atom stereocenters. The molecule has 0 saturated heterocycles. The molecule has 2 N–H and O–H groups in total. The van der Waals surface area contributed by atoms with Gasteiger partial charge in [-0.25, -0.2) is 0 Å². The van der Waals surface area contributed by atoms with Gasteiger partial charge in [0.15, 0.2) is 11.5 Å². The second-order valence-electron chi connectivity index (χ2n) is 5.38. The first-order valence-corrected chi connectivity index (χ1v) is 6.75. The van der Waals surface area contributed by atoms with Crippen LogP contribution in [-0.2, 0) is 12.8 Å². The highest BCUT2D eigenvalue weighted by Crippen LogP contribution is 2.44. The number of hydrogen-bond donors (Lipinski definition) is 2. The van der Waals surface area contributed by atoms with Crippen LogP contribution in [-0.4, -0.2) is 17.3 Å². The maximum Gasteiger partial charge on any atom is 0.163 e. The number of hydrogen-bond acceptors (Lipinski definition) is 3. The Morgan fingerprint density at radius 2 is 1.65 bits per heavy atom. The highest BCUT2D eigenvalue weighted by molar-refractivity contribution is 5.79. The molecule has 2 aromatic rings. The van der Waals surface area contributed by atoms with Gasteiger partial charge in [-0.15, -0.1) is 0 Å². The van der Waals surface area contributed by atoms with Gasteiger partial charge in [-0.05, 0) is 72.2 Å². The molecule has 0 bridgehead atoms. The SMILES string of the molecule is COc1c(O)cc2c(c1C)CCc1cc(C)c(O)cc1-2. The number of ether oxygens (including phenoxy) is 1. The summed E-state index contributed by atoms with van der Waals surface area (Å²) in [6.07, 6.45) is 1.87. The molecule has 0 aliphatic heterocycles. The molecule has 0 heterocycles. The van der Waals surface area contributed by atoms with E-state index in [1.807, 2.05) is 19.9 Å². The molecule has 0 atom stereocenters. The van der Waals surface area contributed by atoms with Crippen LogP contribution < -0.4 is 4.74 Å². The van der Waals surface area contributed by atoms with Crippen LogP contribution in [0, 0.1) is 13.8 Å². The van der Waals surface area contributed by atoms with E-state index in [4.69, 9.17) is 4.74 Å². The summed E-state index contributed by atoms with van der Waals surface area (Å²) in [5, 5.41) is 20.1. The number of phenolic OH excluding ortho intramolecular Hbond substituents is 2. The van der Waals surface area contributed by atoms with Crippen molar-refractivity contribution in [1.29, 1.82) is 0 Å². The van der Waals surface area contributed by atoms with E-state index in [2.05, 4.69) is 0 Å². The molecule has 0 saturated carbocycles. The molecule has 2 aromatic carbocycles. The summed E-state index contributed by atoms with van der Waals surface area (Å²) in [5.41, 5.74) is 6.29. The molecule has 0 spiro atoms. The Morgan fingerprint density at radius 1 is 0.950 bits per heavy atom. The van der Waals surface area contributed by atoms with Gasteiger partial charge in [-0.3, -0.25) is 0 Å². The molecule has 1 aliphatic rings. The summed E-state index contributed by atoms with van der Waals surface area (Å²) in [4.78, 5) is 0. The van der Waals surface area contributed by atoms with Crippen molar-refractivity contribution in [3.05, 3.63) is 40.5 Å². The van der Waals surface area contributed by atoms with Crippen molar-refractivity contribution in [1.82, 2.24) is 0 Å². The standard InChI is InChI=1S/C17H18O3/c1-9-6-11-4-5-12-10(2)17(20-3)16(19)8-14(12)13(11)7-15(9)18/h6-8,18-19H,4-5H2,1-3H3. The number of aryl methyl sites for hydroxylation is 2. The maximum atomic E-state index is 10.1. The first-order valence-electron chi connectivity index (χ1n) is 6.75. The lowest BCUT2D eigenvalue weighted by molar-refractivity contribution is 0.370. The van der Waals surface area contributed by atoms with E-state index < -0.39 is 0 Å². The van der Waals surface area contributed by atoms with Gasteiger partial charge >= 0.3 is 0 Å². The van der Waals surface area contributed by atoms with E-state index in [-0.39, 0.29) is 5.75 Å². The smallest absolute Gasteiger partial charge is 0.163 e. The zero-order chi connectivity index (χ0) is 14.4. The average molecular weight is 270 g/mol. The Morgan fingerprint density at radius 3 is 2.35 bits per heavy atom.